The van der Waals surface area contributed by atoms with Crippen molar-refractivity contribution < 1.29 is 4.39 Å². The Hall–Kier alpha value is -0.930. The summed E-state index contributed by atoms with van der Waals surface area (Å²) >= 11 is 0. The fourth-order valence-electron chi connectivity index (χ4n) is 3.33. The molecule has 3 atom stereocenters. The van der Waals surface area contributed by atoms with Crippen LogP contribution in [-0.4, -0.2) is 30.1 Å². The molecule has 0 saturated carbocycles. The number of fused-ring (bicyclic) bond motifs is 1. The summed E-state index contributed by atoms with van der Waals surface area (Å²) in [4.78, 5) is 2.49. The van der Waals surface area contributed by atoms with E-state index in [1.54, 1.807) is 12.1 Å². The van der Waals surface area contributed by atoms with E-state index in [0.717, 1.165) is 37.9 Å². The van der Waals surface area contributed by atoms with E-state index in [4.69, 9.17) is 5.73 Å². The van der Waals surface area contributed by atoms with Crippen LogP contribution in [0.5, 0.6) is 0 Å². The molecule has 1 aromatic rings. The van der Waals surface area contributed by atoms with E-state index in [1.807, 2.05) is 12.1 Å². The fourth-order valence-corrected chi connectivity index (χ4v) is 3.33. The van der Waals surface area contributed by atoms with Crippen molar-refractivity contribution in [1.29, 1.82) is 0 Å². The molecule has 0 bridgehead atoms. The lowest BCUT2D eigenvalue weighted by Gasteiger charge is -2.32. The van der Waals surface area contributed by atoms with E-state index >= 15 is 0 Å². The van der Waals surface area contributed by atoms with Crippen molar-refractivity contribution in [1.82, 2.24) is 4.90 Å². The highest BCUT2D eigenvalue weighted by Crippen LogP contribution is 2.36. The molecule has 0 aromatic heterocycles. The SMILES string of the molecule is N[C@H]1CCN2C[C@@H](c3ccccc3F)C[C@H]2C1. The first-order chi connectivity index (χ1) is 8.24. The van der Waals surface area contributed by atoms with Crippen LogP contribution in [-0.2, 0) is 0 Å². The minimum atomic E-state index is -0.0540. The zero-order valence-electron chi connectivity index (χ0n) is 9.98. The number of rotatable bonds is 1. The molecule has 2 fully saturated rings. The standard InChI is InChI=1S/C14H19FN2/c15-14-4-2-1-3-13(14)10-7-12-8-11(16)5-6-17(12)9-10/h1-4,10-12H,5-9,16H2/t10-,11-,12-/m0/s1. The minimum absolute atomic E-state index is 0.0540. The van der Waals surface area contributed by atoms with Gasteiger partial charge in [0.1, 0.15) is 5.82 Å². The highest BCUT2D eigenvalue weighted by Gasteiger charge is 2.37. The predicted molar refractivity (Wildman–Crippen MR) is 66.3 cm³/mol. The third-order valence-corrected chi connectivity index (χ3v) is 4.23. The van der Waals surface area contributed by atoms with Crippen molar-refractivity contribution in [2.75, 3.05) is 13.1 Å². The Balaban J connectivity index is 1.78. The van der Waals surface area contributed by atoms with Gasteiger partial charge in [0.05, 0.1) is 0 Å². The van der Waals surface area contributed by atoms with Crippen LogP contribution in [0.2, 0.25) is 0 Å². The Morgan fingerprint density at radius 1 is 1.24 bits per heavy atom. The van der Waals surface area contributed by atoms with Crippen LogP contribution in [0.3, 0.4) is 0 Å². The highest BCUT2D eigenvalue weighted by atomic mass is 19.1. The molecule has 0 unspecified atom stereocenters. The summed E-state index contributed by atoms with van der Waals surface area (Å²) in [5.41, 5.74) is 6.89. The molecule has 2 saturated heterocycles. The lowest BCUT2D eigenvalue weighted by molar-refractivity contribution is 0.181. The van der Waals surface area contributed by atoms with Gasteiger partial charge in [-0.3, -0.25) is 4.90 Å². The Kier molecular flexibility index (Phi) is 2.89. The van der Waals surface area contributed by atoms with Crippen LogP contribution in [0.1, 0.15) is 30.7 Å². The Morgan fingerprint density at radius 2 is 2.06 bits per heavy atom. The van der Waals surface area contributed by atoms with Crippen LogP contribution in [0, 0.1) is 5.82 Å². The van der Waals surface area contributed by atoms with Crippen LogP contribution < -0.4 is 5.73 Å². The van der Waals surface area contributed by atoms with Crippen LogP contribution in [0.15, 0.2) is 24.3 Å². The number of nitrogens with zero attached hydrogens (tertiary/aromatic N) is 1. The number of hydrogen-bond acceptors (Lipinski definition) is 2. The normalized spacial score (nSPS) is 33.6. The van der Waals surface area contributed by atoms with Gasteiger partial charge in [-0.05, 0) is 37.4 Å². The topological polar surface area (TPSA) is 29.3 Å². The minimum Gasteiger partial charge on any atom is -0.328 e. The molecule has 92 valence electrons. The molecule has 2 aliphatic heterocycles. The molecule has 2 heterocycles. The summed E-state index contributed by atoms with van der Waals surface area (Å²) in [7, 11) is 0. The third kappa shape index (κ3) is 2.09. The Bertz CT molecular complexity index is 407. The second-order valence-corrected chi connectivity index (χ2v) is 5.39. The average Bonchev–Trinajstić information content (AvgIpc) is 2.72. The van der Waals surface area contributed by atoms with E-state index in [9.17, 15) is 4.39 Å². The number of nitrogens with two attached hydrogens (primary N) is 1. The quantitative estimate of drug-likeness (QED) is 0.806. The first-order valence-corrected chi connectivity index (χ1v) is 6.48. The monoisotopic (exact) mass is 234 g/mol. The van der Waals surface area contributed by atoms with Gasteiger partial charge in [-0.1, -0.05) is 18.2 Å². The fraction of sp³-hybridized carbons (Fsp3) is 0.571. The Labute approximate surface area is 102 Å². The van der Waals surface area contributed by atoms with Gasteiger partial charge in [0, 0.05) is 24.5 Å². The summed E-state index contributed by atoms with van der Waals surface area (Å²) in [6.07, 6.45) is 3.22. The van der Waals surface area contributed by atoms with E-state index in [-0.39, 0.29) is 5.82 Å². The highest BCUT2D eigenvalue weighted by molar-refractivity contribution is 5.24. The molecule has 3 heteroatoms. The first-order valence-electron chi connectivity index (χ1n) is 6.48. The third-order valence-electron chi connectivity index (χ3n) is 4.23. The second-order valence-electron chi connectivity index (χ2n) is 5.39. The van der Waals surface area contributed by atoms with E-state index in [1.165, 1.54) is 0 Å². The molecule has 0 radical (unpaired) electrons. The molecule has 3 rings (SSSR count). The molecule has 17 heavy (non-hydrogen) atoms. The van der Waals surface area contributed by atoms with Gasteiger partial charge < -0.3 is 5.73 Å². The van der Waals surface area contributed by atoms with Gasteiger partial charge in [-0.15, -0.1) is 0 Å². The summed E-state index contributed by atoms with van der Waals surface area (Å²) in [6, 6.07) is 8.11. The summed E-state index contributed by atoms with van der Waals surface area (Å²) in [5, 5.41) is 0. The largest absolute Gasteiger partial charge is 0.328 e. The summed E-state index contributed by atoms with van der Waals surface area (Å²) < 4.78 is 13.8. The lowest BCUT2D eigenvalue weighted by atomic mass is 9.92. The van der Waals surface area contributed by atoms with Gasteiger partial charge in [0.15, 0.2) is 0 Å². The summed E-state index contributed by atoms with van der Waals surface area (Å²) in [6.45, 7) is 2.08. The first kappa shape index (κ1) is 11.2. The molecule has 0 amide bonds. The van der Waals surface area contributed by atoms with E-state index in [0.29, 0.717) is 18.0 Å². The van der Waals surface area contributed by atoms with Gasteiger partial charge >= 0.3 is 0 Å². The Morgan fingerprint density at radius 3 is 2.88 bits per heavy atom. The molecule has 0 aliphatic carbocycles. The maximum atomic E-state index is 13.8. The molecule has 2 N–H and O–H groups in total. The zero-order valence-corrected chi connectivity index (χ0v) is 9.98. The van der Waals surface area contributed by atoms with Crippen molar-refractivity contribution in [2.24, 2.45) is 5.73 Å². The van der Waals surface area contributed by atoms with Crippen molar-refractivity contribution in [3.8, 4) is 0 Å². The zero-order chi connectivity index (χ0) is 11.8. The molecular weight excluding hydrogens is 215 g/mol. The van der Waals surface area contributed by atoms with Crippen molar-refractivity contribution in [3.63, 3.8) is 0 Å². The smallest absolute Gasteiger partial charge is 0.126 e. The predicted octanol–water partition coefficient (Wildman–Crippen LogP) is 2.10. The molecule has 2 nitrogen and oxygen atoms in total. The van der Waals surface area contributed by atoms with Gasteiger partial charge in [0.2, 0.25) is 0 Å². The second kappa shape index (κ2) is 4.39. The van der Waals surface area contributed by atoms with Gasteiger partial charge in [-0.2, -0.15) is 0 Å². The van der Waals surface area contributed by atoms with Crippen molar-refractivity contribution >= 4 is 0 Å². The molecule has 0 spiro atoms. The van der Waals surface area contributed by atoms with Crippen molar-refractivity contribution in [2.45, 2.75) is 37.3 Å². The number of hydrogen-bond donors (Lipinski definition) is 1. The maximum absolute atomic E-state index is 13.8. The number of halogens is 1. The van der Waals surface area contributed by atoms with E-state index < -0.39 is 0 Å². The van der Waals surface area contributed by atoms with Crippen LogP contribution in [0.4, 0.5) is 4.39 Å². The number of benzene rings is 1. The summed E-state index contributed by atoms with van der Waals surface area (Å²) in [5.74, 6) is 0.299. The number of piperidine rings is 1. The van der Waals surface area contributed by atoms with Gasteiger partial charge in [0.25, 0.3) is 0 Å². The maximum Gasteiger partial charge on any atom is 0.126 e. The lowest BCUT2D eigenvalue weighted by Crippen LogP contribution is -2.43. The molecular formula is C14H19FN2. The van der Waals surface area contributed by atoms with Gasteiger partial charge in [-0.25, -0.2) is 4.39 Å². The van der Waals surface area contributed by atoms with E-state index in [2.05, 4.69) is 4.90 Å². The average molecular weight is 234 g/mol. The molecule has 2 aliphatic rings. The molecule has 1 aromatic carbocycles. The van der Waals surface area contributed by atoms with Crippen LogP contribution >= 0.6 is 0 Å². The van der Waals surface area contributed by atoms with Crippen LogP contribution in [0.25, 0.3) is 0 Å². The van der Waals surface area contributed by atoms with Crippen molar-refractivity contribution in [3.05, 3.63) is 35.6 Å².